The fourth-order valence-electron chi connectivity index (χ4n) is 3.61. The highest BCUT2D eigenvalue weighted by atomic mass is 16.3. The van der Waals surface area contributed by atoms with Gasteiger partial charge in [0.2, 0.25) is 0 Å². The van der Waals surface area contributed by atoms with Crippen LogP contribution < -0.4 is 5.32 Å². The van der Waals surface area contributed by atoms with Gasteiger partial charge in [-0.05, 0) is 35.9 Å². The molecule has 0 bridgehead atoms. The second-order valence-electron chi connectivity index (χ2n) is 8.69. The average Bonchev–Trinajstić information content (AvgIpc) is 2.67. The Morgan fingerprint density at radius 3 is 1.68 bits per heavy atom. The third-order valence-corrected chi connectivity index (χ3v) is 4.99. The molecule has 0 heterocycles. The van der Waals surface area contributed by atoms with Crippen LogP contribution in [-0.4, -0.2) is 35.2 Å². The molecule has 0 spiro atoms. The molecule has 3 nitrogen and oxygen atoms in total. The lowest BCUT2D eigenvalue weighted by Gasteiger charge is -2.36. The van der Waals surface area contributed by atoms with Gasteiger partial charge in [0.05, 0.1) is 6.10 Å². The number of aliphatic hydroxyl groups is 1. The fourth-order valence-corrected chi connectivity index (χ4v) is 3.61. The van der Waals surface area contributed by atoms with Gasteiger partial charge in [0, 0.05) is 25.7 Å². The molecule has 0 saturated heterocycles. The molecule has 0 aliphatic rings. The van der Waals surface area contributed by atoms with Crippen molar-refractivity contribution in [2.75, 3.05) is 13.1 Å². The number of aliphatic hydroxyl groups excluding tert-OH is 1. The van der Waals surface area contributed by atoms with Crippen LogP contribution in [0.2, 0.25) is 0 Å². The van der Waals surface area contributed by atoms with Crippen LogP contribution in [0.15, 0.2) is 60.7 Å². The first-order chi connectivity index (χ1) is 13.5. The van der Waals surface area contributed by atoms with E-state index < -0.39 is 6.10 Å². The molecule has 2 atom stereocenters. The summed E-state index contributed by atoms with van der Waals surface area (Å²) < 4.78 is 0. The zero-order chi connectivity index (χ0) is 20.4. The van der Waals surface area contributed by atoms with Crippen LogP contribution in [-0.2, 0) is 13.1 Å². The van der Waals surface area contributed by atoms with E-state index in [1.807, 2.05) is 0 Å². The van der Waals surface area contributed by atoms with Crippen LogP contribution in [0.4, 0.5) is 0 Å². The quantitative estimate of drug-likeness (QED) is 0.558. The summed E-state index contributed by atoms with van der Waals surface area (Å²) >= 11 is 0. The molecule has 154 valence electrons. The first-order valence-electron chi connectivity index (χ1n) is 10.7. The SMILES string of the molecule is CC(C)CNC[C@@H](O)[C@H](CC(C)C)N(Cc1ccccc1)Cc1ccccc1. The summed E-state index contributed by atoms with van der Waals surface area (Å²) in [7, 11) is 0. The van der Waals surface area contributed by atoms with Crippen molar-refractivity contribution in [3.63, 3.8) is 0 Å². The van der Waals surface area contributed by atoms with Gasteiger partial charge in [0.25, 0.3) is 0 Å². The largest absolute Gasteiger partial charge is 0.390 e. The zero-order valence-electron chi connectivity index (χ0n) is 18.0. The van der Waals surface area contributed by atoms with E-state index >= 15 is 0 Å². The molecule has 0 aliphatic heterocycles. The number of hydrogen-bond acceptors (Lipinski definition) is 3. The van der Waals surface area contributed by atoms with Crippen molar-refractivity contribution in [1.29, 1.82) is 0 Å². The van der Waals surface area contributed by atoms with E-state index in [-0.39, 0.29) is 6.04 Å². The Kier molecular flexibility index (Phi) is 9.69. The van der Waals surface area contributed by atoms with Crippen molar-refractivity contribution in [2.24, 2.45) is 11.8 Å². The van der Waals surface area contributed by atoms with Gasteiger partial charge in [-0.2, -0.15) is 0 Å². The van der Waals surface area contributed by atoms with E-state index in [0.717, 1.165) is 26.1 Å². The Balaban J connectivity index is 2.19. The predicted molar refractivity (Wildman–Crippen MR) is 119 cm³/mol. The van der Waals surface area contributed by atoms with Crippen molar-refractivity contribution in [1.82, 2.24) is 10.2 Å². The van der Waals surface area contributed by atoms with Crippen LogP contribution >= 0.6 is 0 Å². The van der Waals surface area contributed by atoms with Crippen molar-refractivity contribution < 1.29 is 5.11 Å². The summed E-state index contributed by atoms with van der Waals surface area (Å²) in [5.74, 6) is 1.11. The minimum atomic E-state index is -0.395. The summed E-state index contributed by atoms with van der Waals surface area (Å²) in [4.78, 5) is 2.45. The predicted octanol–water partition coefficient (Wildman–Crippen LogP) is 4.71. The maximum absolute atomic E-state index is 11.1. The lowest BCUT2D eigenvalue weighted by molar-refractivity contribution is 0.0279. The number of hydrogen-bond donors (Lipinski definition) is 2. The van der Waals surface area contributed by atoms with Crippen LogP contribution in [0.1, 0.15) is 45.2 Å². The lowest BCUT2D eigenvalue weighted by atomic mass is 9.96. The second-order valence-corrected chi connectivity index (χ2v) is 8.69. The molecule has 0 unspecified atom stereocenters. The highest BCUT2D eigenvalue weighted by Gasteiger charge is 2.27. The number of nitrogens with zero attached hydrogens (tertiary/aromatic N) is 1. The van der Waals surface area contributed by atoms with Crippen molar-refractivity contribution in [3.05, 3.63) is 71.8 Å². The Hall–Kier alpha value is -1.68. The van der Waals surface area contributed by atoms with Gasteiger partial charge in [0.15, 0.2) is 0 Å². The second kappa shape index (κ2) is 12.0. The van der Waals surface area contributed by atoms with Crippen LogP contribution in [0, 0.1) is 11.8 Å². The molecule has 0 aliphatic carbocycles. The standard InChI is InChI=1S/C25H38N2O/c1-20(2)15-24(25(28)17-26-16-21(3)4)27(18-22-11-7-5-8-12-22)19-23-13-9-6-10-14-23/h5-14,20-21,24-26,28H,15-19H2,1-4H3/t24-,25+/m0/s1. The van der Waals surface area contributed by atoms with E-state index in [4.69, 9.17) is 0 Å². The smallest absolute Gasteiger partial charge is 0.0819 e. The van der Waals surface area contributed by atoms with Gasteiger partial charge in [-0.15, -0.1) is 0 Å². The van der Waals surface area contributed by atoms with Crippen LogP contribution in [0.3, 0.4) is 0 Å². The topological polar surface area (TPSA) is 35.5 Å². The molecule has 2 aromatic carbocycles. The molecule has 2 aromatic rings. The molecule has 0 fully saturated rings. The molecule has 0 radical (unpaired) electrons. The average molecular weight is 383 g/mol. The lowest BCUT2D eigenvalue weighted by Crippen LogP contribution is -2.48. The molecular formula is C25H38N2O. The minimum absolute atomic E-state index is 0.111. The van der Waals surface area contributed by atoms with E-state index in [1.165, 1.54) is 11.1 Å². The third-order valence-electron chi connectivity index (χ3n) is 4.99. The van der Waals surface area contributed by atoms with Gasteiger partial charge in [-0.3, -0.25) is 4.90 Å². The van der Waals surface area contributed by atoms with E-state index in [0.29, 0.717) is 18.4 Å². The Morgan fingerprint density at radius 1 is 0.750 bits per heavy atom. The first-order valence-corrected chi connectivity index (χ1v) is 10.7. The monoisotopic (exact) mass is 382 g/mol. The Labute approximate surface area is 171 Å². The summed E-state index contributed by atoms with van der Waals surface area (Å²) in [5, 5.41) is 14.5. The number of benzene rings is 2. The van der Waals surface area contributed by atoms with Gasteiger partial charge >= 0.3 is 0 Å². The van der Waals surface area contributed by atoms with Crippen LogP contribution in [0.25, 0.3) is 0 Å². The minimum Gasteiger partial charge on any atom is -0.390 e. The highest BCUT2D eigenvalue weighted by Crippen LogP contribution is 2.21. The maximum Gasteiger partial charge on any atom is 0.0819 e. The summed E-state index contributed by atoms with van der Waals surface area (Å²) in [6.07, 6.45) is 0.582. The molecule has 0 saturated carbocycles. The van der Waals surface area contributed by atoms with Crippen LogP contribution in [0.5, 0.6) is 0 Å². The van der Waals surface area contributed by atoms with E-state index in [1.54, 1.807) is 0 Å². The summed E-state index contributed by atoms with van der Waals surface area (Å²) in [5.41, 5.74) is 2.57. The summed E-state index contributed by atoms with van der Waals surface area (Å²) in [6, 6.07) is 21.3. The molecular weight excluding hydrogens is 344 g/mol. The number of nitrogens with one attached hydrogen (secondary N) is 1. The molecule has 28 heavy (non-hydrogen) atoms. The first kappa shape index (κ1) is 22.6. The Morgan fingerprint density at radius 2 is 1.25 bits per heavy atom. The van der Waals surface area contributed by atoms with Gasteiger partial charge in [-0.25, -0.2) is 0 Å². The van der Waals surface area contributed by atoms with E-state index in [9.17, 15) is 5.11 Å². The molecule has 3 heteroatoms. The molecule has 0 aromatic heterocycles. The molecule has 2 rings (SSSR count). The van der Waals surface area contributed by atoms with Gasteiger partial charge < -0.3 is 10.4 Å². The van der Waals surface area contributed by atoms with Crippen molar-refractivity contribution in [3.8, 4) is 0 Å². The van der Waals surface area contributed by atoms with E-state index in [2.05, 4.69) is 98.6 Å². The van der Waals surface area contributed by atoms with Crippen molar-refractivity contribution >= 4 is 0 Å². The van der Waals surface area contributed by atoms with Gasteiger partial charge in [0.1, 0.15) is 0 Å². The third kappa shape index (κ3) is 8.14. The summed E-state index contributed by atoms with van der Waals surface area (Å²) in [6.45, 7) is 12.1. The van der Waals surface area contributed by atoms with Gasteiger partial charge in [-0.1, -0.05) is 88.4 Å². The molecule has 0 amide bonds. The van der Waals surface area contributed by atoms with Crippen molar-refractivity contribution in [2.45, 2.75) is 59.4 Å². The highest BCUT2D eigenvalue weighted by molar-refractivity contribution is 5.17. The zero-order valence-corrected chi connectivity index (χ0v) is 18.0. The normalized spacial score (nSPS) is 14.0. The maximum atomic E-state index is 11.1. The number of rotatable bonds is 12. The molecule has 2 N–H and O–H groups in total. The Bertz CT molecular complexity index is 601. The fraction of sp³-hybridized carbons (Fsp3) is 0.520.